The Morgan fingerprint density at radius 3 is 2.60 bits per heavy atom. The highest BCUT2D eigenvalue weighted by Gasteiger charge is 2.18. The minimum atomic E-state index is -0.683. The van der Waals surface area contributed by atoms with E-state index in [2.05, 4.69) is 8.75 Å². The number of halogens is 2. The van der Waals surface area contributed by atoms with Crippen LogP contribution in [-0.2, 0) is 0 Å². The van der Waals surface area contributed by atoms with Gasteiger partial charge in [0.15, 0.2) is 5.82 Å². The number of nitrogen functional groups attached to an aromatic ring is 1. The Morgan fingerprint density at radius 2 is 2.00 bits per heavy atom. The fraction of sp³-hybridized carbons (Fsp3) is 0.111. The summed E-state index contributed by atoms with van der Waals surface area (Å²) >= 11 is 0.826. The van der Waals surface area contributed by atoms with Crippen LogP contribution in [0.2, 0.25) is 0 Å². The Hall–Kier alpha value is -1.56. The maximum atomic E-state index is 13.6. The molecular weight excluding hydrogens is 220 g/mol. The highest BCUT2D eigenvalue weighted by Crippen LogP contribution is 2.30. The van der Waals surface area contributed by atoms with Gasteiger partial charge >= 0.3 is 0 Å². The molecule has 0 radical (unpaired) electrons. The van der Waals surface area contributed by atoms with Gasteiger partial charge in [-0.3, -0.25) is 0 Å². The third-order valence-electron chi connectivity index (χ3n) is 2.03. The van der Waals surface area contributed by atoms with Crippen LogP contribution in [0.3, 0.4) is 0 Å². The van der Waals surface area contributed by atoms with Crippen molar-refractivity contribution < 1.29 is 8.78 Å². The normalized spacial score (nSPS) is 10.6. The van der Waals surface area contributed by atoms with Crippen LogP contribution >= 0.6 is 11.7 Å². The predicted molar refractivity (Wildman–Crippen MR) is 54.4 cm³/mol. The van der Waals surface area contributed by atoms with Gasteiger partial charge in [0.2, 0.25) is 0 Å². The smallest absolute Gasteiger partial charge is 0.165 e. The lowest BCUT2D eigenvalue weighted by Gasteiger charge is -2.04. The first-order valence-corrected chi connectivity index (χ1v) is 4.87. The molecule has 2 aromatic rings. The number of nitrogens with zero attached hydrogens (tertiary/aromatic N) is 2. The number of benzene rings is 1. The van der Waals surface area contributed by atoms with E-state index in [1.165, 1.54) is 12.1 Å². The summed E-state index contributed by atoms with van der Waals surface area (Å²) in [7, 11) is 0. The molecule has 0 spiro atoms. The Bertz CT molecular complexity index is 510. The van der Waals surface area contributed by atoms with Crippen LogP contribution in [0.5, 0.6) is 0 Å². The number of hydrogen-bond acceptors (Lipinski definition) is 4. The van der Waals surface area contributed by atoms with Crippen LogP contribution in [0.4, 0.5) is 14.6 Å². The maximum Gasteiger partial charge on any atom is 0.165 e. The van der Waals surface area contributed by atoms with Gasteiger partial charge in [-0.05, 0) is 18.6 Å². The monoisotopic (exact) mass is 227 g/mol. The molecule has 1 aromatic heterocycles. The van der Waals surface area contributed by atoms with Crippen LogP contribution in [0.15, 0.2) is 12.1 Å². The van der Waals surface area contributed by atoms with E-state index < -0.39 is 11.6 Å². The zero-order valence-electron chi connectivity index (χ0n) is 7.79. The molecule has 0 unspecified atom stereocenters. The van der Waals surface area contributed by atoms with Crippen LogP contribution in [0, 0.1) is 18.6 Å². The van der Waals surface area contributed by atoms with Crippen molar-refractivity contribution in [2.24, 2.45) is 0 Å². The third kappa shape index (κ3) is 1.56. The molecule has 1 heterocycles. The molecule has 2 rings (SSSR count). The summed E-state index contributed by atoms with van der Waals surface area (Å²) in [6.45, 7) is 1.55. The van der Waals surface area contributed by atoms with Gasteiger partial charge in [-0.25, -0.2) is 8.78 Å². The van der Waals surface area contributed by atoms with E-state index in [1.807, 2.05) is 0 Å². The SMILES string of the molecule is Cc1ccc(F)c(-c2nsnc2N)c1F. The van der Waals surface area contributed by atoms with Gasteiger partial charge in [-0.15, -0.1) is 0 Å². The number of hydrogen-bond donors (Lipinski definition) is 1. The van der Waals surface area contributed by atoms with Crippen molar-refractivity contribution in [3.63, 3.8) is 0 Å². The zero-order chi connectivity index (χ0) is 11.0. The molecule has 3 nitrogen and oxygen atoms in total. The highest BCUT2D eigenvalue weighted by molar-refractivity contribution is 6.99. The summed E-state index contributed by atoms with van der Waals surface area (Å²) < 4.78 is 34.5. The van der Waals surface area contributed by atoms with Crippen LogP contribution in [0.25, 0.3) is 11.3 Å². The summed E-state index contributed by atoms with van der Waals surface area (Å²) in [5, 5.41) is 0. The molecule has 0 amide bonds. The second-order valence-corrected chi connectivity index (χ2v) is 3.58. The van der Waals surface area contributed by atoms with Crippen LogP contribution < -0.4 is 5.73 Å². The van der Waals surface area contributed by atoms with Gasteiger partial charge in [-0.2, -0.15) is 8.75 Å². The van der Waals surface area contributed by atoms with Crippen molar-refractivity contribution in [3.05, 3.63) is 29.3 Å². The standard InChI is InChI=1S/C9H7F2N3S/c1-4-2-3-5(10)6(7(4)11)8-9(12)14-15-13-8/h2-3H,1H3,(H2,12,14). The lowest BCUT2D eigenvalue weighted by Crippen LogP contribution is -1.96. The topological polar surface area (TPSA) is 51.8 Å². The number of rotatable bonds is 1. The highest BCUT2D eigenvalue weighted by atomic mass is 32.1. The van der Waals surface area contributed by atoms with E-state index in [0.29, 0.717) is 5.56 Å². The van der Waals surface area contributed by atoms with Crippen molar-refractivity contribution >= 4 is 17.5 Å². The molecule has 0 saturated carbocycles. The van der Waals surface area contributed by atoms with Gasteiger partial charge in [0, 0.05) is 0 Å². The van der Waals surface area contributed by atoms with Crippen molar-refractivity contribution in [1.82, 2.24) is 8.75 Å². The Kier molecular flexibility index (Phi) is 2.36. The summed E-state index contributed by atoms with van der Waals surface area (Å²) in [5.41, 5.74) is 5.67. The molecule has 6 heteroatoms. The Balaban J connectivity index is 2.72. The summed E-state index contributed by atoms with van der Waals surface area (Å²) in [5.74, 6) is -1.28. The molecule has 15 heavy (non-hydrogen) atoms. The summed E-state index contributed by atoms with van der Waals surface area (Å²) in [6.07, 6.45) is 0. The average molecular weight is 227 g/mol. The fourth-order valence-corrected chi connectivity index (χ4v) is 1.72. The molecule has 1 aromatic carbocycles. The maximum absolute atomic E-state index is 13.6. The van der Waals surface area contributed by atoms with Gasteiger partial charge in [0.25, 0.3) is 0 Å². The first kappa shape index (κ1) is 9.97. The van der Waals surface area contributed by atoms with Gasteiger partial charge < -0.3 is 5.73 Å². The second kappa shape index (κ2) is 3.54. The van der Waals surface area contributed by atoms with E-state index in [0.717, 1.165) is 11.7 Å². The van der Waals surface area contributed by atoms with E-state index in [4.69, 9.17) is 5.73 Å². The lowest BCUT2D eigenvalue weighted by atomic mass is 10.1. The third-order valence-corrected chi connectivity index (χ3v) is 2.58. The van der Waals surface area contributed by atoms with E-state index in [-0.39, 0.29) is 17.1 Å². The largest absolute Gasteiger partial charge is 0.381 e. The quantitative estimate of drug-likeness (QED) is 0.813. The molecule has 0 fully saturated rings. The molecule has 0 aliphatic carbocycles. The zero-order valence-corrected chi connectivity index (χ0v) is 8.61. The molecule has 0 saturated heterocycles. The number of aromatic nitrogens is 2. The van der Waals surface area contributed by atoms with Crippen LogP contribution in [-0.4, -0.2) is 8.75 Å². The van der Waals surface area contributed by atoms with Crippen molar-refractivity contribution in [2.45, 2.75) is 6.92 Å². The molecule has 0 atom stereocenters. The first-order valence-electron chi connectivity index (χ1n) is 4.14. The average Bonchev–Trinajstić information content (AvgIpc) is 2.60. The molecule has 0 aliphatic heterocycles. The van der Waals surface area contributed by atoms with E-state index in [9.17, 15) is 8.78 Å². The van der Waals surface area contributed by atoms with Gasteiger partial charge in [0.05, 0.1) is 17.3 Å². The summed E-state index contributed by atoms with van der Waals surface area (Å²) in [6, 6.07) is 2.55. The van der Waals surface area contributed by atoms with Gasteiger partial charge in [0.1, 0.15) is 17.3 Å². The van der Waals surface area contributed by atoms with Gasteiger partial charge in [-0.1, -0.05) is 6.07 Å². The van der Waals surface area contributed by atoms with E-state index >= 15 is 0 Å². The van der Waals surface area contributed by atoms with Crippen molar-refractivity contribution in [2.75, 3.05) is 5.73 Å². The first-order chi connectivity index (χ1) is 7.11. The number of nitrogens with two attached hydrogens (primary N) is 1. The van der Waals surface area contributed by atoms with Crippen LogP contribution in [0.1, 0.15) is 5.56 Å². The number of anilines is 1. The Morgan fingerprint density at radius 1 is 1.27 bits per heavy atom. The molecule has 0 bridgehead atoms. The lowest BCUT2D eigenvalue weighted by molar-refractivity contribution is 0.583. The Labute approximate surface area is 88.9 Å². The fourth-order valence-electron chi connectivity index (χ4n) is 1.24. The summed E-state index contributed by atoms with van der Waals surface area (Å²) in [4.78, 5) is 0. The minimum Gasteiger partial charge on any atom is -0.381 e. The van der Waals surface area contributed by atoms with Crippen molar-refractivity contribution in [1.29, 1.82) is 0 Å². The predicted octanol–water partition coefficient (Wildman–Crippen LogP) is 2.37. The molecular formula is C9H7F2N3S. The molecule has 2 N–H and O–H groups in total. The molecule has 78 valence electrons. The minimum absolute atomic E-state index is 0.0448. The van der Waals surface area contributed by atoms with E-state index in [1.54, 1.807) is 6.92 Å². The van der Waals surface area contributed by atoms with Crippen molar-refractivity contribution in [3.8, 4) is 11.3 Å². The number of aryl methyl sites for hydroxylation is 1. The second-order valence-electron chi connectivity index (χ2n) is 3.05. The molecule has 0 aliphatic rings.